The number of ether oxygens (including phenoxy) is 1. The van der Waals surface area contributed by atoms with Gasteiger partial charge in [-0.25, -0.2) is 13.8 Å². The first-order chi connectivity index (χ1) is 9.63. The molecule has 0 saturated carbocycles. The summed E-state index contributed by atoms with van der Waals surface area (Å²) in [5, 5.41) is 3.04. The van der Waals surface area contributed by atoms with Crippen molar-refractivity contribution in [2.45, 2.75) is 13.5 Å². The van der Waals surface area contributed by atoms with Crippen LogP contribution in [0.4, 0.5) is 8.78 Å². The molecule has 1 aromatic heterocycles. The number of hydrogen-bond donors (Lipinski definition) is 1. The van der Waals surface area contributed by atoms with Crippen LogP contribution >= 0.6 is 0 Å². The molecule has 0 atom stereocenters. The number of oxazole rings is 1. The first kappa shape index (κ1) is 14.6. The van der Waals surface area contributed by atoms with Crippen LogP contribution in [-0.2, 0) is 11.3 Å². The number of methoxy groups -OCH3 is 1. The van der Waals surface area contributed by atoms with Crippen LogP contribution in [0.15, 0.2) is 22.7 Å². The second-order valence-electron chi connectivity index (χ2n) is 4.34. The molecule has 1 heterocycles. The molecule has 0 radical (unpaired) electrons. The molecule has 0 fully saturated rings. The SMILES string of the molecule is COCCNCc1ncc(-c2c(F)ccc(C)c2F)o1. The molecule has 2 aromatic rings. The second kappa shape index (κ2) is 6.58. The molecule has 0 bridgehead atoms. The summed E-state index contributed by atoms with van der Waals surface area (Å²) in [5.74, 6) is -0.827. The Kier molecular flexibility index (Phi) is 4.81. The maximum atomic E-state index is 13.9. The van der Waals surface area contributed by atoms with Crippen LogP contribution in [0.25, 0.3) is 11.3 Å². The number of halogens is 2. The highest BCUT2D eigenvalue weighted by Crippen LogP contribution is 2.28. The molecule has 1 aromatic carbocycles. The summed E-state index contributed by atoms with van der Waals surface area (Å²) >= 11 is 0. The van der Waals surface area contributed by atoms with Crippen molar-refractivity contribution >= 4 is 0 Å². The molecule has 0 amide bonds. The zero-order valence-electron chi connectivity index (χ0n) is 11.4. The van der Waals surface area contributed by atoms with E-state index in [1.807, 2.05) is 0 Å². The van der Waals surface area contributed by atoms with Gasteiger partial charge in [0.1, 0.15) is 11.6 Å². The van der Waals surface area contributed by atoms with Crippen molar-refractivity contribution < 1.29 is 17.9 Å². The van der Waals surface area contributed by atoms with E-state index in [-0.39, 0.29) is 11.3 Å². The average Bonchev–Trinajstić information content (AvgIpc) is 2.88. The van der Waals surface area contributed by atoms with Gasteiger partial charge in [-0.3, -0.25) is 0 Å². The maximum absolute atomic E-state index is 13.9. The number of aromatic nitrogens is 1. The highest BCUT2D eigenvalue weighted by molar-refractivity contribution is 5.59. The Hall–Kier alpha value is -1.79. The molecule has 108 valence electrons. The molecule has 0 aliphatic carbocycles. The molecule has 20 heavy (non-hydrogen) atoms. The predicted molar refractivity (Wildman–Crippen MR) is 70.2 cm³/mol. The van der Waals surface area contributed by atoms with Gasteiger partial charge in [0.25, 0.3) is 0 Å². The number of nitrogens with zero attached hydrogens (tertiary/aromatic N) is 1. The summed E-state index contributed by atoms with van der Waals surface area (Å²) in [6, 6.07) is 2.60. The first-order valence-corrected chi connectivity index (χ1v) is 6.22. The van der Waals surface area contributed by atoms with E-state index in [2.05, 4.69) is 10.3 Å². The molecular weight excluding hydrogens is 266 g/mol. The minimum Gasteiger partial charge on any atom is -0.439 e. The third kappa shape index (κ3) is 3.20. The number of aryl methyl sites for hydroxylation is 1. The Morgan fingerprint density at radius 2 is 2.15 bits per heavy atom. The lowest BCUT2D eigenvalue weighted by atomic mass is 10.1. The van der Waals surface area contributed by atoms with Crippen molar-refractivity contribution in [2.75, 3.05) is 20.3 Å². The summed E-state index contributed by atoms with van der Waals surface area (Å²) in [6.45, 7) is 3.15. The highest BCUT2D eigenvalue weighted by atomic mass is 19.1. The zero-order chi connectivity index (χ0) is 14.5. The largest absolute Gasteiger partial charge is 0.439 e. The summed E-state index contributed by atoms with van der Waals surface area (Å²) in [4.78, 5) is 4.00. The molecule has 0 unspecified atom stereocenters. The van der Waals surface area contributed by atoms with Crippen LogP contribution < -0.4 is 5.32 Å². The Balaban J connectivity index is 2.15. The summed E-state index contributed by atoms with van der Waals surface area (Å²) in [5.41, 5.74) is 0.179. The first-order valence-electron chi connectivity index (χ1n) is 6.22. The summed E-state index contributed by atoms with van der Waals surface area (Å²) in [6.07, 6.45) is 1.33. The van der Waals surface area contributed by atoms with E-state index in [1.54, 1.807) is 14.0 Å². The van der Waals surface area contributed by atoms with Crippen molar-refractivity contribution in [2.24, 2.45) is 0 Å². The number of benzene rings is 1. The molecule has 2 rings (SSSR count). The minimum absolute atomic E-state index is 0.0900. The second-order valence-corrected chi connectivity index (χ2v) is 4.34. The van der Waals surface area contributed by atoms with Gasteiger partial charge in [-0.1, -0.05) is 6.07 Å². The van der Waals surface area contributed by atoms with Crippen molar-refractivity contribution in [3.05, 3.63) is 41.4 Å². The van der Waals surface area contributed by atoms with Crippen molar-refractivity contribution in [1.82, 2.24) is 10.3 Å². The van der Waals surface area contributed by atoms with Crippen LogP contribution in [0, 0.1) is 18.6 Å². The van der Waals surface area contributed by atoms with Crippen molar-refractivity contribution in [1.29, 1.82) is 0 Å². The lowest BCUT2D eigenvalue weighted by Gasteiger charge is -2.04. The van der Waals surface area contributed by atoms with Gasteiger partial charge in [0.15, 0.2) is 5.76 Å². The van der Waals surface area contributed by atoms with Crippen LogP contribution in [-0.4, -0.2) is 25.2 Å². The number of hydrogen-bond acceptors (Lipinski definition) is 4. The van der Waals surface area contributed by atoms with E-state index in [9.17, 15) is 8.78 Å². The van der Waals surface area contributed by atoms with Gasteiger partial charge in [0.2, 0.25) is 5.89 Å². The van der Waals surface area contributed by atoms with Gasteiger partial charge >= 0.3 is 0 Å². The molecule has 0 aliphatic rings. The Morgan fingerprint density at radius 3 is 2.90 bits per heavy atom. The quantitative estimate of drug-likeness (QED) is 0.827. The monoisotopic (exact) mass is 282 g/mol. The molecule has 1 N–H and O–H groups in total. The molecule has 0 aliphatic heterocycles. The van der Waals surface area contributed by atoms with Gasteiger partial charge in [-0.15, -0.1) is 0 Å². The van der Waals surface area contributed by atoms with Crippen molar-refractivity contribution in [3.63, 3.8) is 0 Å². The fourth-order valence-electron chi connectivity index (χ4n) is 1.76. The van der Waals surface area contributed by atoms with Gasteiger partial charge < -0.3 is 14.5 Å². The molecule has 4 nitrogen and oxygen atoms in total. The summed E-state index contributed by atoms with van der Waals surface area (Å²) in [7, 11) is 1.61. The van der Waals surface area contributed by atoms with E-state index >= 15 is 0 Å². The van der Waals surface area contributed by atoms with E-state index in [1.165, 1.54) is 18.3 Å². The van der Waals surface area contributed by atoms with Crippen LogP contribution in [0.2, 0.25) is 0 Å². The van der Waals surface area contributed by atoms with Gasteiger partial charge in [-0.2, -0.15) is 0 Å². The lowest BCUT2D eigenvalue weighted by molar-refractivity contribution is 0.198. The minimum atomic E-state index is -0.664. The Bertz CT molecular complexity index is 585. The topological polar surface area (TPSA) is 47.3 Å². The van der Waals surface area contributed by atoms with E-state index in [0.29, 0.717) is 31.2 Å². The number of nitrogens with one attached hydrogen (secondary N) is 1. The fourth-order valence-corrected chi connectivity index (χ4v) is 1.76. The van der Waals surface area contributed by atoms with E-state index < -0.39 is 11.6 Å². The third-order valence-electron chi connectivity index (χ3n) is 2.84. The van der Waals surface area contributed by atoms with E-state index in [4.69, 9.17) is 9.15 Å². The summed E-state index contributed by atoms with van der Waals surface area (Å²) < 4.78 is 37.9. The Labute approximate surface area is 115 Å². The van der Waals surface area contributed by atoms with Crippen molar-refractivity contribution in [3.8, 4) is 11.3 Å². The molecule has 6 heteroatoms. The highest BCUT2D eigenvalue weighted by Gasteiger charge is 2.17. The normalized spacial score (nSPS) is 11.0. The smallest absolute Gasteiger partial charge is 0.208 e. The fraction of sp³-hybridized carbons (Fsp3) is 0.357. The zero-order valence-corrected chi connectivity index (χ0v) is 11.4. The maximum Gasteiger partial charge on any atom is 0.208 e. The third-order valence-corrected chi connectivity index (χ3v) is 2.84. The van der Waals surface area contributed by atoms with Gasteiger partial charge in [0, 0.05) is 13.7 Å². The number of rotatable bonds is 6. The molecule has 0 saturated heterocycles. The van der Waals surface area contributed by atoms with Crippen LogP contribution in [0.3, 0.4) is 0 Å². The van der Waals surface area contributed by atoms with Gasteiger partial charge in [0.05, 0.1) is 24.9 Å². The standard InChI is InChI=1S/C14H16F2N2O2/c1-9-3-4-10(15)13(14(9)16)11-7-18-12(20-11)8-17-5-6-19-2/h3-4,7,17H,5-6,8H2,1-2H3. The van der Waals surface area contributed by atoms with E-state index in [0.717, 1.165) is 0 Å². The molecule has 0 spiro atoms. The van der Waals surface area contributed by atoms with Gasteiger partial charge in [-0.05, 0) is 18.6 Å². The van der Waals surface area contributed by atoms with Crippen LogP contribution in [0.1, 0.15) is 11.5 Å². The molecular formula is C14H16F2N2O2. The Morgan fingerprint density at radius 1 is 1.35 bits per heavy atom. The predicted octanol–water partition coefficient (Wildman–Crippen LogP) is 2.66. The lowest BCUT2D eigenvalue weighted by Crippen LogP contribution is -2.18. The van der Waals surface area contributed by atoms with Crippen LogP contribution in [0.5, 0.6) is 0 Å². The average molecular weight is 282 g/mol.